The van der Waals surface area contributed by atoms with Crippen molar-refractivity contribution in [1.82, 2.24) is 20.1 Å². The number of nitrogens with zero attached hydrogens (tertiary/aromatic N) is 2. The molecule has 2 heterocycles. The van der Waals surface area contributed by atoms with Gasteiger partial charge in [-0.25, -0.2) is 4.68 Å². The van der Waals surface area contributed by atoms with E-state index in [9.17, 15) is 9.59 Å². The molecule has 25 heavy (non-hydrogen) atoms. The molecule has 6 heteroatoms. The standard InChI is InChI=1S/C19H22N4O2/c1-12-7-8-16-14(9-12)15-10-20-23(19(25)18(15)22-16)11-17(24)21-13-5-3-2-4-6-13/h7-10,13,22H,2-6,11H2,1H3,(H,21,24). The molecular formula is C19H22N4O2. The van der Waals surface area contributed by atoms with Crippen LogP contribution in [0.2, 0.25) is 0 Å². The normalized spacial score (nSPS) is 15.7. The smallest absolute Gasteiger partial charge is 0.291 e. The molecule has 1 aliphatic carbocycles. The lowest BCUT2D eigenvalue weighted by molar-refractivity contribution is -0.122. The van der Waals surface area contributed by atoms with Crippen LogP contribution in [0.15, 0.2) is 29.2 Å². The zero-order valence-electron chi connectivity index (χ0n) is 14.3. The number of carbonyl (C=O) groups excluding carboxylic acids is 1. The molecule has 6 nitrogen and oxygen atoms in total. The first-order valence-corrected chi connectivity index (χ1v) is 8.89. The number of benzene rings is 1. The van der Waals surface area contributed by atoms with Gasteiger partial charge in [0.2, 0.25) is 5.91 Å². The lowest BCUT2D eigenvalue weighted by atomic mass is 9.95. The maximum absolute atomic E-state index is 12.7. The zero-order chi connectivity index (χ0) is 17.4. The summed E-state index contributed by atoms with van der Waals surface area (Å²) in [5.74, 6) is -0.146. The summed E-state index contributed by atoms with van der Waals surface area (Å²) in [6, 6.07) is 6.23. The van der Waals surface area contributed by atoms with Crippen molar-refractivity contribution in [3.8, 4) is 0 Å². The van der Waals surface area contributed by atoms with E-state index in [1.807, 2.05) is 25.1 Å². The monoisotopic (exact) mass is 338 g/mol. The molecule has 2 N–H and O–H groups in total. The fraction of sp³-hybridized carbons (Fsp3) is 0.421. The topological polar surface area (TPSA) is 79.8 Å². The molecule has 0 spiro atoms. The van der Waals surface area contributed by atoms with Gasteiger partial charge in [0.05, 0.1) is 6.20 Å². The number of hydrogen-bond acceptors (Lipinski definition) is 3. The third kappa shape index (κ3) is 3.04. The van der Waals surface area contributed by atoms with E-state index in [2.05, 4.69) is 15.4 Å². The van der Waals surface area contributed by atoms with Crippen LogP contribution in [0.4, 0.5) is 0 Å². The van der Waals surface area contributed by atoms with Crippen LogP contribution >= 0.6 is 0 Å². The van der Waals surface area contributed by atoms with Crippen LogP contribution in [0.1, 0.15) is 37.7 Å². The van der Waals surface area contributed by atoms with Gasteiger partial charge in [0, 0.05) is 22.3 Å². The van der Waals surface area contributed by atoms with E-state index in [1.165, 1.54) is 11.1 Å². The summed E-state index contributed by atoms with van der Waals surface area (Å²) in [5, 5.41) is 9.03. The first-order valence-electron chi connectivity index (χ1n) is 8.89. The number of aromatic amines is 1. The van der Waals surface area contributed by atoms with Gasteiger partial charge in [-0.3, -0.25) is 9.59 Å². The zero-order valence-corrected chi connectivity index (χ0v) is 14.3. The number of aryl methyl sites for hydroxylation is 1. The number of aromatic nitrogens is 3. The Hall–Kier alpha value is -2.63. The van der Waals surface area contributed by atoms with Gasteiger partial charge in [-0.15, -0.1) is 0 Å². The Morgan fingerprint density at radius 1 is 1.28 bits per heavy atom. The number of carbonyl (C=O) groups is 1. The van der Waals surface area contributed by atoms with Gasteiger partial charge < -0.3 is 10.3 Å². The van der Waals surface area contributed by atoms with E-state index >= 15 is 0 Å². The second kappa shape index (κ2) is 6.35. The molecule has 0 unspecified atom stereocenters. The molecule has 2 aromatic heterocycles. The van der Waals surface area contributed by atoms with Gasteiger partial charge in [-0.1, -0.05) is 30.9 Å². The average molecular weight is 338 g/mol. The lowest BCUT2D eigenvalue weighted by Crippen LogP contribution is -2.40. The first-order chi connectivity index (χ1) is 12.1. The Morgan fingerprint density at radius 2 is 2.08 bits per heavy atom. The molecular weight excluding hydrogens is 316 g/mol. The quantitative estimate of drug-likeness (QED) is 0.770. The fourth-order valence-electron chi connectivity index (χ4n) is 3.71. The lowest BCUT2D eigenvalue weighted by Gasteiger charge is -2.22. The number of H-pyrrole nitrogens is 1. The van der Waals surface area contributed by atoms with Crippen molar-refractivity contribution >= 4 is 27.7 Å². The van der Waals surface area contributed by atoms with Gasteiger partial charge in [-0.05, 0) is 31.9 Å². The minimum Gasteiger partial charge on any atom is -0.352 e. The van der Waals surface area contributed by atoms with Gasteiger partial charge in [0.25, 0.3) is 5.56 Å². The molecule has 1 amide bonds. The van der Waals surface area contributed by atoms with Crippen LogP contribution in [-0.4, -0.2) is 26.7 Å². The van der Waals surface area contributed by atoms with Crippen molar-refractivity contribution in [3.63, 3.8) is 0 Å². The molecule has 0 aliphatic heterocycles. The largest absolute Gasteiger partial charge is 0.352 e. The predicted octanol–water partition coefficient (Wildman–Crippen LogP) is 2.64. The third-order valence-corrected chi connectivity index (χ3v) is 5.03. The molecule has 0 bridgehead atoms. The van der Waals surface area contributed by atoms with E-state index in [1.54, 1.807) is 6.20 Å². The molecule has 0 atom stereocenters. The van der Waals surface area contributed by atoms with E-state index < -0.39 is 0 Å². The van der Waals surface area contributed by atoms with Crippen molar-refractivity contribution in [1.29, 1.82) is 0 Å². The Kier molecular flexibility index (Phi) is 4.03. The molecule has 4 rings (SSSR count). The second-order valence-corrected chi connectivity index (χ2v) is 6.97. The summed E-state index contributed by atoms with van der Waals surface area (Å²) >= 11 is 0. The van der Waals surface area contributed by atoms with E-state index in [-0.39, 0.29) is 24.1 Å². The predicted molar refractivity (Wildman–Crippen MR) is 97.6 cm³/mol. The summed E-state index contributed by atoms with van der Waals surface area (Å²) in [4.78, 5) is 28.1. The van der Waals surface area contributed by atoms with Crippen LogP contribution in [-0.2, 0) is 11.3 Å². The molecule has 3 aromatic rings. The molecule has 1 fully saturated rings. The van der Waals surface area contributed by atoms with Crippen LogP contribution in [0, 0.1) is 6.92 Å². The van der Waals surface area contributed by atoms with E-state index in [0.717, 1.165) is 47.5 Å². The van der Waals surface area contributed by atoms with Crippen molar-refractivity contribution in [2.24, 2.45) is 0 Å². The van der Waals surface area contributed by atoms with Gasteiger partial charge in [0.1, 0.15) is 12.1 Å². The summed E-state index contributed by atoms with van der Waals surface area (Å²) in [7, 11) is 0. The SMILES string of the molecule is Cc1ccc2[nH]c3c(=O)n(CC(=O)NC4CCCCC4)ncc3c2c1. The molecule has 1 saturated carbocycles. The number of nitrogens with one attached hydrogen (secondary N) is 2. The highest BCUT2D eigenvalue weighted by Crippen LogP contribution is 2.23. The maximum atomic E-state index is 12.7. The van der Waals surface area contributed by atoms with E-state index in [4.69, 9.17) is 0 Å². The number of rotatable bonds is 3. The van der Waals surface area contributed by atoms with Crippen molar-refractivity contribution < 1.29 is 4.79 Å². The summed E-state index contributed by atoms with van der Waals surface area (Å²) in [6.07, 6.45) is 7.27. The van der Waals surface area contributed by atoms with E-state index in [0.29, 0.717) is 5.52 Å². The van der Waals surface area contributed by atoms with Crippen LogP contribution in [0.5, 0.6) is 0 Å². The minimum absolute atomic E-state index is 0.0420. The average Bonchev–Trinajstić information content (AvgIpc) is 2.97. The Labute approximate surface area is 145 Å². The van der Waals surface area contributed by atoms with Crippen LogP contribution in [0.3, 0.4) is 0 Å². The Balaban J connectivity index is 1.62. The molecule has 1 aromatic carbocycles. The van der Waals surface area contributed by atoms with Crippen molar-refractivity contribution in [3.05, 3.63) is 40.3 Å². The Morgan fingerprint density at radius 3 is 2.88 bits per heavy atom. The van der Waals surface area contributed by atoms with Crippen LogP contribution in [0.25, 0.3) is 21.8 Å². The minimum atomic E-state index is -0.259. The number of amides is 1. The van der Waals surface area contributed by atoms with Gasteiger partial charge >= 0.3 is 0 Å². The fourth-order valence-corrected chi connectivity index (χ4v) is 3.71. The van der Waals surface area contributed by atoms with Crippen molar-refractivity contribution in [2.45, 2.75) is 51.6 Å². The summed E-state index contributed by atoms with van der Waals surface area (Å²) in [5.41, 5.74) is 2.28. The highest BCUT2D eigenvalue weighted by atomic mass is 16.2. The highest BCUT2D eigenvalue weighted by Gasteiger charge is 2.17. The number of fused-ring (bicyclic) bond motifs is 3. The van der Waals surface area contributed by atoms with Crippen molar-refractivity contribution in [2.75, 3.05) is 0 Å². The molecule has 0 radical (unpaired) electrons. The highest BCUT2D eigenvalue weighted by molar-refractivity contribution is 6.06. The van der Waals surface area contributed by atoms with Gasteiger partial charge in [-0.2, -0.15) is 5.10 Å². The summed E-state index contributed by atoms with van der Waals surface area (Å²) in [6.45, 7) is 1.97. The van der Waals surface area contributed by atoms with Crippen LogP contribution < -0.4 is 10.9 Å². The molecule has 130 valence electrons. The molecule has 0 saturated heterocycles. The maximum Gasteiger partial charge on any atom is 0.291 e. The molecule has 1 aliphatic rings. The summed E-state index contributed by atoms with van der Waals surface area (Å²) < 4.78 is 1.24. The number of hydrogen-bond donors (Lipinski definition) is 2. The Bertz CT molecular complexity index is 996. The first kappa shape index (κ1) is 15.9. The third-order valence-electron chi connectivity index (χ3n) is 5.03. The second-order valence-electron chi connectivity index (χ2n) is 6.97. The van der Waals surface area contributed by atoms with Gasteiger partial charge in [0.15, 0.2) is 0 Å².